The zero-order chi connectivity index (χ0) is 17.0. The molecular weight excluding hydrogens is 300 g/mol. The number of carbonyl (C=O) groups is 1. The van der Waals surface area contributed by atoms with Gasteiger partial charge in [0, 0.05) is 29.4 Å². The molecule has 0 fully saturated rings. The maximum Gasteiger partial charge on any atom is 0.269 e. The predicted octanol–water partition coefficient (Wildman–Crippen LogP) is 3.17. The maximum atomic E-state index is 12.2. The SMILES string of the molecule is COc1cc(C)c(NC(=O)c2ccc([N+](=O)[O-])cc2)cc1OC. The summed E-state index contributed by atoms with van der Waals surface area (Å²) in [6.45, 7) is 1.83. The number of hydrogen-bond acceptors (Lipinski definition) is 5. The minimum atomic E-state index is -0.514. The molecule has 0 radical (unpaired) electrons. The molecule has 1 amide bonds. The molecule has 23 heavy (non-hydrogen) atoms. The lowest BCUT2D eigenvalue weighted by atomic mass is 10.1. The summed E-state index contributed by atoms with van der Waals surface area (Å²) >= 11 is 0. The highest BCUT2D eigenvalue weighted by molar-refractivity contribution is 6.04. The van der Waals surface area contributed by atoms with Crippen LogP contribution in [0.4, 0.5) is 11.4 Å². The number of nitrogens with zero attached hydrogens (tertiary/aromatic N) is 1. The van der Waals surface area contributed by atoms with Crippen molar-refractivity contribution in [3.63, 3.8) is 0 Å². The zero-order valence-corrected chi connectivity index (χ0v) is 13.0. The fourth-order valence-corrected chi connectivity index (χ4v) is 2.04. The first kappa shape index (κ1) is 16.3. The second-order valence-corrected chi connectivity index (χ2v) is 4.78. The van der Waals surface area contributed by atoms with Gasteiger partial charge in [-0.25, -0.2) is 0 Å². The Kier molecular flexibility index (Phi) is 4.80. The van der Waals surface area contributed by atoms with Crippen LogP contribution in [0.3, 0.4) is 0 Å². The molecule has 0 spiro atoms. The quantitative estimate of drug-likeness (QED) is 0.676. The number of non-ortho nitro benzene ring substituents is 1. The Bertz CT molecular complexity index is 741. The molecule has 0 aliphatic rings. The van der Waals surface area contributed by atoms with Gasteiger partial charge in [0.05, 0.1) is 19.1 Å². The van der Waals surface area contributed by atoms with Crippen LogP contribution in [0.15, 0.2) is 36.4 Å². The number of aryl methyl sites for hydroxylation is 1. The number of amides is 1. The summed E-state index contributed by atoms with van der Waals surface area (Å²) in [5, 5.41) is 13.4. The number of nitro benzene ring substituents is 1. The molecule has 7 heteroatoms. The second kappa shape index (κ2) is 6.78. The van der Waals surface area contributed by atoms with Crippen LogP contribution >= 0.6 is 0 Å². The van der Waals surface area contributed by atoms with Crippen molar-refractivity contribution in [3.8, 4) is 11.5 Å². The Morgan fingerprint density at radius 2 is 1.65 bits per heavy atom. The van der Waals surface area contributed by atoms with Crippen LogP contribution < -0.4 is 14.8 Å². The van der Waals surface area contributed by atoms with E-state index in [0.717, 1.165) is 5.56 Å². The largest absolute Gasteiger partial charge is 0.493 e. The third-order valence-electron chi connectivity index (χ3n) is 3.32. The van der Waals surface area contributed by atoms with Gasteiger partial charge >= 0.3 is 0 Å². The number of nitro groups is 1. The third-order valence-corrected chi connectivity index (χ3v) is 3.32. The van der Waals surface area contributed by atoms with Gasteiger partial charge < -0.3 is 14.8 Å². The highest BCUT2D eigenvalue weighted by Gasteiger charge is 2.13. The van der Waals surface area contributed by atoms with E-state index in [4.69, 9.17) is 9.47 Å². The van der Waals surface area contributed by atoms with Crippen LogP contribution in [0.5, 0.6) is 11.5 Å². The number of benzene rings is 2. The molecule has 0 atom stereocenters. The highest BCUT2D eigenvalue weighted by atomic mass is 16.6. The first-order chi connectivity index (χ1) is 11.0. The molecule has 0 heterocycles. The third kappa shape index (κ3) is 3.57. The van der Waals surface area contributed by atoms with Gasteiger partial charge in [-0.05, 0) is 30.7 Å². The van der Waals surface area contributed by atoms with Crippen LogP contribution in [0.1, 0.15) is 15.9 Å². The molecule has 0 saturated heterocycles. The van der Waals surface area contributed by atoms with E-state index in [1.807, 2.05) is 6.92 Å². The Hall–Kier alpha value is -3.09. The molecule has 120 valence electrons. The van der Waals surface area contributed by atoms with E-state index >= 15 is 0 Å². The van der Waals surface area contributed by atoms with E-state index in [-0.39, 0.29) is 11.6 Å². The number of rotatable bonds is 5. The molecule has 0 saturated carbocycles. The van der Waals surface area contributed by atoms with E-state index in [2.05, 4.69) is 5.32 Å². The lowest BCUT2D eigenvalue weighted by Crippen LogP contribution is -2.13. The molecule has 2 aromatic rings. The summed E-state index contributed by atoms with van der Waals surface area (Å²) in [6.07, 6.45) is 0. The number of hydrogen-bond donors (Lipinski definition) is 1. The summed E-state index contributed by atoms with van der Waals surface area (Å²) in [4.78, 5) is 22.4. The Morgan fingerprint density at radius 3 is 2.17 bits per heavy atom. The average Bonchev–Trinajstić information content (AvgIpc) is 2.56. The average molecular weight is 316 g/mol. The van der Waals surface area contributed by atoms with Gasteiger partial charge in [-0.1, -0.05) is 0 Å². The predicted molar refractivity (Wildman–Crippen MR) is 85.3 cm³/mol. The lowest BCUT2D eigenvalue weighted by Gasteiger charge is -2.13. The smallest absolute Gasteiger partial charge is 0.269 e. The van der Waals surface area contributed by atoms with Crippen LogP contribution in [0, 0.1) is 17.0 Å². The van der Waals surface area contributed by atoms with Crippen molar-refractivity contribution in [2.45, 2.75) is 6.92 Å². The zero-order valence-electron chi connectivity index (χ0n) is 13.0. The summed E-state index contributed by atoms with van der Waals surface area (Å²) < 4.78 is 10.4. The van der Waals surface area contributed by atoms with Gasteiger partial charge in [0.1, 0.15) is 0 Å². The Morgan fingerprint density at radius 1 is 1.09 bits per heavy atom. The summed E-state index contributed by atoms with van der Waals surface area (Å²) in [5.41, 5.74) is 1.64. The van der Waals surface area contributed by atoms with Gasteiger partial charge in [0.2, 0.25) is 0 Å². The van der Waals surface area contributed by atoms with Gasteiger partial charge in [-0.2, -0.15) is 0 Å². The van der Waals surface area contributed by atoms with Crippen molar-refractivity contribution >= 4 is 17.3 Å². The monoisotopic (exact) mass is 316 g/mol. The fraction of sp³-hybridized carbons (Fsp3) is 0.188. The minimum absolute atomic E-state index is 0.0659. The fourth-order valence-electron chi connectivity index (χ4n) is 2.04. The molecular formula is C16H16N2O5. The summed E-state index contributed by atoms with van der Waals surface area (Å²) in [5.74, 6) is 0.700. The van der Waals surface area contributed by atoms with E-state index in [1.165, 1.54) is 38.5 Å². The molecule has 0 aliphatic carbocycles. The maximum absolute atomic E-state index is 12.2. The van der Waals surface area contributed by atoms with Crippen molar-refractivity contribution in [2.24, 2.45) is 0 Å². The van der Waals surface area contributed by atoms with E-state index in [1.54, 1.807) is 12.1 Å². The Labute approximate surface area is 133 Å². The standard InChI is InChI=1S/C16H16N2O5/c1-10-8-14(22-2)15(23-3)9-13(10)17-16(19)11-4-6-12(7-5-11)18(20)21/h4-9H,1-3H3,(H,17,19). The molecule has 2 aromatic carbocycles. The topological polar surface area (TPSA) is 90.7 Å². The molecule has 0 aliphatic heterocycles. The van der Waals surface area contributed by atoms with Crippen molar-refractivity contribution in [1.82, 2.24) is 0 Å². The summed E-state index contributed by atoms with van der Waals surface area (Å²) in [7, 11) is 3.04. The Balaban J connectivity index is 2.24. The molecule has 1 N–H and O–H groups in total. The van der Waals surface area contributed by atoms with Crippen LogP contribution in [0.25, 0.3) is 0 Å². The van der Waals surface area contributed by atoms with Crippen LogP contribution in [-0.2, 0) is 0 Å². The second-order valence-electron chi connectivity index (χ2n) is 4.78. The molecule has 7 nitrogen and oxygen atoms in total. The van der Waals surface area contributed by atoms with Crippen molar-refractivity contribution in [2.75, 3.05) is 19.5 Å². The minimum Gasteiger partial charge on any atom is -0.493 e. The van der Waals surface area contributed by atoms with Gasteiger partial charge in [-0.3, -0.25) is 14.9 Å². The van der Waals surface area contributed by atoms with Gasteiger partial charge in [-0.15, -0.1) is 0 Å². The number of methoxy groups -OCH3 is 2. The van der Waals surface area contributed by atoms with Crippen molar-refractivity contribution in [3.05, 3.63) is 57.6 Å². The molecule has 0 bridgehead atoms. The molecule has 0 unspecified atom stereocenters. The lowest BCUT2D eigenvalue weighted by molar-refractivity contribution is -0.384. The first-order valence-corrected chi connectivity index (χ1v) is 6.74. The van der Waals surface area contributed by atoms with E-state index in [9.17, 15) is 14.9 Å². The van der Waals surface area contributed by atoms with Crippen LogP contribution in [0.2, 0.25) is 0 Å². The first-order valence-electron chi connectivity index (χ1n) is 6.74. The molecule has 2 rings (SSSR count). The number of anilines is 1. The normalized spacial score (nSPS) is 10.0. The number of ether oxygens (including phenoxy) is 2. The van der Waals surface area contributed by atoms with E-state index < -0.39 is 4.92 Å². The van der Waals surface area contributed by atoms with Gasteiger partial charge in [0.25, 0.3) is 11.6 Å². The van der Waals surface area contributed by atoms with E-state index in [0.29, 0.717) is 22.7 Å². The van der Waals surface area contributed by atoms with Crippen molar-refractivity contribution < 1.29 is 19.2 Å². The number of nitrogens with one attached hydrogen (secondary N) is 1. The molecule has 0 aromatic heterocycles. The highest BCUT2D eigenvalue weighted by Crippen LogP contribution is 2.33. The number of carbonyl (C=O) groups excluding carboxylic acids is 1. The van der Waals surface area contributed by atoms with Gasteiger partial charge in [0.15, 0.2) is 11.5 Å². The van der Waals surface area contributed by atoms with Crippen molar-refractivity contribution in [1.29, 1.82) is 0 Å². The summed E-state index contributed by atoms with van der Waals surface area (Å²) in [6, 6.07) is 8.81. The van der Waals surface area contributed by atoms with Crippen LogP contribution in [-0.4, -0.2) is 25.1 Å².